The molecular weight excluding hydrogens is 390 g/mol. The molecule has 0 atom stereocenters. The lowest BCUT2D eigenvalue weighted by atomic mass is 10.1. The molecule has 7 nitrogen and oxygen atoms in total. The van der Waals surface area contributed by atoms with Crippen molar-refractivity contribution < 1.29 is 4.79 Å². The van der Waals surface area contributed by atoms with Crippen molar-refractivity contribution in [3.05, 3.63) is 87.3 Å². The smallest absolute Gasteiger partial charge is 0.267 e. The molecular formula is C24H25N5O2. The van der Waals surface area contributed by atoms with Gasteiger partial charge in [-0.25, -0.2) is 4.98 Å². The Hall–Kier alpha value is -3.74. The highest BCUT2D eigenvalue weighted by molar-refractivity contribution is 5.96. The van der Waals surface area contributed by atoms with E-state index in [1.54, 1.807) is 22.9 Å². The van der Waals surface area contributed by atoms with Crippen LogP contribution in [-0.2, 0) is 6.54 Å². The number of nitrogens with zero attached hydrogens (tertiary/aromatic N) is 3. The van der Waals surface area contributed by atoms with E-state index >= 15 is 0 Å². The highest BCUT2D eigenvalue weighted by Crippen LogP contribution is 2.13. The molecule has 0 spiro atoms. The zero-order valence-electron chi connectivity index (χ0n) is 17.7. The average molecular weight is 415 g/mol. The van der Waals surface area contributed by atoms with Crippen LogP contribution in [0.3, 0.4) is 0 Å². The fourth-order valence-electron chi connectivity index (χ4n) is 3.56. The van der Waals surface area contributed by atoms with Crippen LogP contribution in [0.25, 0.3) is 16.7 Å². The van der Waals surface area contributed by atoms with Crippen molar-refractivity contribution in [2.45, 2.75) is 33.2 Å². The van der Waals surface area contributed by atoms with Crippen molar-refractivity contribution >= 4 is 22.6 Å². The molecule has 1 aromatic carbocycles. The fraction of sp³-hybridized carbons (Fsp3) is 0.250. The van der Waals surface area contributed by atoms with Gasteiger partial charge in [0.15, 0.2) is 0 Å². The van der Waals surface area contributed by atoms with E-state index in [4.69, 9.17) is 5.41 Å². The van der Waals surface area contributed by atoms with Crippen LogP contribution in [-0.4, -0.2) is 26.4 Å². The molecule has 4 aromatic rings. The largest absolute Gasteiger partial charge is 0.352 e. The van der Waals surface area contributed by atoms with E-state index in [1.807, 2.05) is 44.2 Å². The molecule has 7 heteroatoms. The van der Waals surface area contributed by atoms with E-state index in [9.17, 15) is 9.59 Å². The second-order valence-electron chi connectivity index (χ2n) is 7.67. The Kier molecular flexibility index (Phi) is 5.66. The standard InChI is InChI=1S/C24H25N5O2/c1-3-4-12-26-23(30)18-14-19-22(27-20-7-5-6-13-28(20)24(19)31)29(21(18)25)15-17-10-8-16(2)9-11-17/h5-11,13-14,25H,3-4,12,15H2,1-2H3,(H,26,30). The van der Waals surface area contributed by atoms with E-state index in [1.165, 1.54) is 10.5 Å². The van der Waals surface area contributed by atoms with Gasteiger partial charge in [0.2, 0.25) is 0 Å². The van der Waals surface area contributed by atoms with Crippen LogP contribution in [0.15, 0.2) is 59.5 Å². The van der Waals surface area contributed by atoms with Gasteiger partial charge in [-0.05, 0) is 37.1 Å². The summed E-state index contributed by atoms with van der Waals surface area (Å²) in [6.45, 7) is 4.92. The second kappa shape index (κ2) is 8.55. The number of hydrogen-bond acceptors (Lipinski definition) is 4. The summed E-state index contributed by atoms with van der Waals surface area (Å²) in [5.41, 5.74) is 2.94. The summed E-state index contributed by atoms with van der Waals surface area (Å²) in [4.78, 5) is 30.7. The van der Waals surface area contributed by atoms with Crippen molar-refractivity contribution in [3.8, 4) is 0 Å². The van der Waals surface area contributed by atoms with Gasteiger partial charge in [-0.2, -0.15) is 0 Å². The van der Waals surface area contributed by atoms with E-state index in [0.29, 0.717) is 29.8 Å². The van der Waals surface area contributed by atoms with E-state index < -0.39 is 0 Å². The van der Waals surface area contributed by atoms with Gasteiger partial charge in [0.25, 0.3) is 11.5 Å². The maximum absolute atomic E-state index is 13.2. The summed E-state index contributed by atoms with van der Waals surface area (Å²) < 4.78 is 3.10. The molecule has 1 amide bonds. The number of hydrogen-bond donors (Lipinski definition) is 2. The number of unbranched alkanes of at least 4 members (excludes halogenated alkanes) is 1. The number of nitrogens with one attached hydrogen (secondary N) is 2. The highest BCUT2D eigenvalue weighted by Gasteiger charge is 2.17. The number of benzene rings is 1. The number of carbonyl (C=O) groups excluding carboxylic acids is 1. The first kappa shape index (κ1) is 20.5. The molecule has 0 saturated heterocycles. The summed E-state index contributed by atoms with van der Waals surface area (Å²) in [5.74, 6) is -0.351. The van der Waals surface area contributed by atoms with Crippen LogP contribution in [0.2, 0.25) is 0 Å². The fourth-order valence-corrected chi connectivity index (χ4v) is 3.56. The third-order valence-corrected chi connectivity index (χ3v) is 5.34. The minimum atomic E-state index is -0.351. The van der Waals surface area contributed by atoms with Crippen molar-refractivity contribution in [1.29, 1.82) is 5.41 Å². The van der Waals surface area contributed by atoms with Crippen LogP contribution >= 0.6 is 0 Å². The number of aromatic nitrogens is 3. The van der Waals surface area contributed by atoms with Crippen LogP contribution in [0.4, 0.5) is 0 Å². The second-order valence-corrected chi connectivity index (χ2v) is 7.67. The predicted molar refractivity (Wildman–Crippen MR) is 120 cm³/mol. The lowest BCUT2D eigenvalue weighted by molar-refractivity contribution is 0.0950. The van der Waals surface area contributed by atoms with E-state index in [-0.39, 0.29) is 22.5 Å². The summed E-state index contributed by atoms with van der Waals surface area (Å²) >= 11 is 0. The lowest BCUT2D eigenvalue weighted by Gasteiger charge is -2.15. The van der Waals surface area contributed by atoms with Gasteiger partial charge >= 0.3 is 0 Å². The van der Waals surface area contributed by atoms with Crippen LogP contribution in [0, 0.1) is 12.3 Å². The number of pyridine rings is 2. The number of fused-ring (bicyclic) bond motifs is 2. The average Bonchev–Trinajstić information content (AvgIpc) is 2.77. The molecule has 4 rings (SSSR count). The molecule has 3 aromatic heterocycles. The van der Waals surface area contributed by atoms with E-state index in [0.717, 1.165) is 24.0 Å². The quantitative estimate of drug-likeness (QED) is 0.375. The summed E-state index contributed by atoms with van der Waals surface area (Å²) in [7, 11) is 0. The third kappa shape index (κ3) is 3.99. The molecule has 0 radical (unpaired) electrons. The molecule has 158 valence electrons. The summed E-state index contributed by atoms with van der Waals surface area (Å²) in [6.07, 6.45) is 3.46. The van der Waals surface area contributed by atoms with Gasteiger partial charge in [0.1, 0.15) is 16.8 Å². The van der Waals surface area contributed by atoms with Gasteiger partial charge in [-0.1, -0.05) is 49.2 Å². The van der Waals surface area contributed by atoms with Crippen LogP contribution in [0.5, 0.6) is 0 Å². The highest BCUT2D eigenvalue weighted by atomic mass is 16.1. The molecule has 0 aliphatic carbocycles. The number of amides is 1. The first-order chi connectivity index (χ1) is 15.0. The number of aryl methyl sites for hydroxylation is 1. The Morgan fingerprint density at radius 1 is 1.16 bits per heavy atom. The Labute approximate surface area is 179 Å². The van der Waals surface area contributed by atoms with Crippen LogP contribution in [0.1, 0.15) is 41.3 Å². The summed E-state index contributed by atoms with van der Waals surface area (Å²) in [5, 5.41) is 11.9. The predicted octanol–water partition coefficient (Wildman–Crippen LogP) is 3.02. The van der Waals surface area contributed by atoms with E-state index in [2.05, 4.69) is 10.3 Å². The molecule has 31 heavy (non-hydrogen) atoms. The Bertz CT molecular complexity index is 1380. The normalized spacial score (nSPS) is 11.2. The number of rotatable bonds is 6. The third-order valence-electron chi connectivity index (χ3n) is 5.34. The first-order valence-corrected chi connectivity index (χ1v) is 10.4. The Morgan fingerprint density at radius 2 is 1.94 bits per heavy atom. The monoisotopic (exact) mass is 415 g/mol. The summed E-state index contributed by atoms with van der Waals surface area (Å²) in [6, 6.07) is 14.8. The van der Waals surface area contributed by atoms with Gasteiger partial charge in [0.05, 0.1) is 17.5 Å². The van der Waals surface area contributed by atoms with Crippen LogP contribution < -0.4 is 16.4 Å². The van der Waals surface area contributed by atoms with Crippen molar-refractivity contribution in [2.75, 3.05) is 6.54 Å². The van der Waals surface area contributed by atoms with Gasteiger partial charge in [0, 0.05) is 12.7 Å². The number of carbonyl (C=O) groups is 1. The topological polar surface area (TPSA) is 92.2 Å². The molecule has 0 saturated carbocycles. The SMILES string of the molecule is CCCCNC(=O)c1cc2c(=O)n3ccccc3nc2n(Cc2ccc(C)cc2)c1=N. The first-order valence-electron chi connectivity index (χ1n) is 10.4. The minimum Gasteiger partial charge on any atom is -0.352 e. The maximum Gasteiger partial charge on any atom is 0.267 e. The van der Waals surface area contributed by atoms with Crippen molar-refractivity contribution in [1.82, 2.24) is 19.3 Å². The van der Waals surface area contributed by atoms with Gasteiger partial charge < -0.3 is 9.88 Å². The Morgan fingerprint density at radius 3 is 2.68 bits per heavy atom. The minimum absolute atomic E-state index is 0.0363. The zero-order chi connectivity index (χ0) is 22.0. The molecule has 2 N–H and O–H groups in total. The van der Waals surface area contributed by atoms with Crippen molar-refractivity contribution in [3.63, 3.8) is 0 Å². The van der Waals surface area contributed by atoms with Crippen molar-refractivity contribution in [2.24, 2.45) is 0 Å². The molecule has 0 bridgehead atoms. The maximum atomic E-state index is 13.2. The molecule has 0 fully saturated rings. The molecule has 3 heterocycles. The molecule has 0 aliphatic rings. The molecule has 0 unspecified atom stereocenters. The molecule has 0 aliphatic heterocycles. The Balaban J connectivity index is 1.95. The van der Waals surface area contributed by atoms with Gasteiger partial charge in [-0.3, -0.25) is 19.4 Å². The van der Waals surface area contributed by atoms with Gasteiger partial charge in [-0.15, -0.1) is 0 Å². The zero-order valence-corrected chi connectivity index (χ0v) is 17.7. The lowest BCUT2D eigenvalue weighted by Crippen LogP contribution is -2.35.